The summed E-state index contributed by atoms with van der Waals surface area (Å²) < 4.78 is 5.07. The number of nitrogens with two attached hydrogens (primary N) is 1. The zero-order valence-electron chi connectivity index (χ0n) is 12.6. The van der Waals surface area contributed by atoms with Gasteiger partial charge in [0, 0.05) is 13.1 Å². The van der Waals surface area contributed by atoms with Gasteiger partial charge in [0.25, 0.3) is 5.91 Å². The fourth-order valence-corrected chi connectivity index (χ4v) is 2.53. The minimum atomic E-state index is -0.519. The molecule has 0 unspecified atom stereocenters. The van der Waals surface area contributed by atoms with Crippen LogP contribution in [-0.2, 0) is 14.3 Å². The van der Waals surface area contributed by atoms with E-state index in [2.05, 4.69) is 0 Å². The number of aryl methyl sites for hydroxylation is 1. The quantitative estimate of drug-likeness (QED) is 0.836. The highest BCUT2D eigenvalue weighted by Crippen LogP contribution is 2.16. The number of benzene rings is 1. The Morgan fingerprint density at radius 3 is 2.73 bits per heavy atom. The van der Waals surface area contributed by atoms with Gasteiger partial charge in [-0.05, 0) is 31.4 Å². The van der Waals surface area contributed by atoms with Crippen LogP contribution in [0.15, 0.2) is 24.3 Å². The molecule has 6 nitrogen and oxygen atoms in total. The van der Waals surface area contributed by atoms with Gasteiger partial charge in [0.05, 0.1) is 11.5 Å². The molecule has 1 heterocycles. The third kappa shape index (κ3) is 3.84. The van der Waals surface area contributed by atoms with Crippen LogP contribution in [0.3, 0.4) is 0 Å². The van der Waals surface area contributed by atoms with Crippen LogP contribution in [0, 0.1) is 12.8 Å². The molecule has 0 saturated carbocycles. The maximum Gasteiger partial charge on any atom is 0.338 e. The maximum atomic E-state index is 12.1. The van der Waals surface area contributed by atoms with Crippen molar-refractivity contribution in [3.63, 3.8) is 0 Å². The number of piperidine rings is 1. The lowest BCUT2D eigenvalue weighted by molar-refractivity contribution is -0.137. The summed E-state index contributed by atoms with van der Waals surface area (Å²) in [4.78, 5) is 36.8. The summed E-state index contributed by atoms with van der Waals surface area (Å²) >= 11 is 0. The van der Waals surface area contributed by atoms with Crippen LogP contribution < -0.4 is 5.73 Å². The molecular formula is C16H20N2O4. The zero-order chi connectivity index (χ0) is 16.1. The summed E-state index contributed by atoms with van der Waals surface area (Å²) in [6.45, 7) is 2.35. The average molecular weight is 304 g/mol. The molecule has 0 aliphatic carbocycles. The van der Waals surface area contributed by atoms with Crippen molar-refractivity contribution in [1.29, 1.82) is 0 Å². The van der Waals surface area contributed by atoms with Crippen molar-refractivity contribution < 1.29 is 19.1 Å². The minimum absolute atomic E-state index is 0.298. The fourth-order valence-electron chi connectivity index (χ4n) is 2.53. The van der Waals surface area contributed by atoms with E-state index in [0.717, 1.165) is 12.0 Å². The highest BCUT2D eigenvalue weighted by Gasteiger charge is 2.27. The molecule has 0 radical (unpaired) electrons. The molecule has 0 aromatic heterocycles. The summed E-state index contributed by atoms with van der Waals surface area (Å²) in [7, 11) is 0. The van der Waals surface area contributed by atoms with Crippen molar-refractivity contribution in [2.24, 2.45) is 11.7 Å². The number of carbonyl (C=O) groups excluding carboxylic acids is 3. The summed E-state index contributed by atoms with van der Waals surface area (Å²) in [6, 6.07) is 7.04. The molecule has 1 aromatic rings. The van der Waals surface area contributed by atoms with Crippen LogP contribution in [0.1, 0.15) is 28.8 Å². The second kappa shape index (κ2) is 7.06. The summed E-state index contributed by atoms with van der Waals surface area (Å²) in [6.07, 6.45) is 1.42. The minimum Gasteiger partial charge on any atom is -0.452 e. The summed E-state index contributed by atoms with van der Waals surface area (Å²) in [5.41, 5.74) is 6.53. The van der Waals surface area contributed by atoms with Crippen LogP contribution >= 0.6 is 0 Å². The van der Waals surface area contributed by atoms with Crippen molar-refractivity contribution >= 4 is 17.8 Å². The van der Waals surface area contributed by atoms with E-state index in [1.54, 1.807) is 25.1 Å². The Morgan fingerprint density at radius 1 is 1.32 bits per heavy atom. The lowest BCUT2D eigenvalue weighted by Gasteiger charge is -2.31. The first kappa shape index (κ1) is 16.0. The van der Waals surface area contributed by atoms with E-state index in [1.807, 2.05) is 6.07 Å². The summed E-state index contributed by atoms with van der Waals surface area (Å²) in [5.74, 6) is -1.53. The third-order valence-corrected chi connectivity index (χ3v) is 3.87. The predicted octanol–water partition coefficient (Wildman–Crippen LogP) is 0.876. The number of rotatable bonds is 4. The van der Waals surface area contributed by atoms with Gasteiger partial charge in [-0.2, -0.15) is 0 Å². The Hall–Kier alpha value is -2.37. The lowest BCUT2D eigenvalue weighted by Crippen LogP contribution is -2.45. The molecule has 1 saturated heterocycles. The topological polar surface area (TPSA) is 89.7 Å². The first-order valence-electron chi connectivity index (χ1n) is 7.29. The normalized spacial score (nSPS) is 17.9. The maximum absolute atomic E-state index is 12.1. The van der Waals surface area contributed by atoms with Crippen LogP contribution in [0.2, 0.25) is 0 Å². The molecule has 1 aromatic carbocycles. The van der Waals surface area contributed by atoms with Gasteiger partial charge in [-0.15, -0.1) is 0 Å². The van der Waals surface area contributed by atoms with Crippen LogP contribution in [0.4, 0.5) is 0 Å². The number of ether oxygens (including phenoxy) is 1. The zero-order valence-corrected chi connectivity index (χ0v) is 12.6. The van der Waals surface area contributed by atoms with Gasteiger partial charge in [-0.3, -0.25) is 9.59 Å². The van der Waals surface area contributed by atoms with Gasteiger partial charge in [-0.1, -0.05) is 18.2 Å². The number of amides is 2. The Bertz CT molecular complexity index is 585. The van der Waals surface area contributed by atoms with Crippen LogP contribution in [-0.4, -0.2) is 42.4 Å². The van der Waals surface area contributed by atoms with E-state index in [0.29, 0.717) is 25.1 Å². The largest absolute Gasteiger partial charge is 0.452 e. The van der Waals surface area contributed by atoms with E-state index in [1.165, 1.54) is 4.90 Å². The summed E-state index contributed by atoms with van der Waals surface area (Å²) in [5, 5.41) is 0. The van der Waals surface area contributed by atoms with Gasteiger partial charge in [0.2, 0.25) is 5.91 Å². The molecule has 1 aliphatic heterocycles. The molecule has 1 fully saturated rings. The SMILES string of the molecule is Cc1ccccc1C(=O)OCC(=O)N1CCC[C@@H](C(N)=O)C1. The Kier molecular flexibility index (Phi) is 5.14. The molecule has 22 heavy (non-hydrogen) atoms. The van der Waals surface area contributed by atoms with Gasteiger partial charge >= 0.3 is 5.97 Å². The van der Waals surface area contributed by atoms with Crippen molar-refractivity contribution in [3.8, 4) is 0 Å². The molecule has 2 N–H and O–H groups in total. The number of primary amides is 1. The number of likely N-dealkylation sites (tertiary alicyclic amines) is 1. The van der Waals surface area contributed by atoms with Gasteiger partial charge in [0.15, 0.2) is 6.61 Å². The second-order valence-electron chi connectivity index (χ2n) is 5.47. The van der Waals surface area contributed by atoms with Crippen molar-refractivity contribution in [2.75, 3.05) is 19.7 Å². The smallest absolute Gasteiger partial charge is 0.338 e. The number of hydrogen-bond donors (Lipinski definition) is 1. The number of esters is 1. The second-order valence-corrected chi connectivity index (χ2v) is 5.47. The fraction of sp³-hybridized carbons (Fsp3) is 0.438. The average Bonchev–Trinajstić information content (AvgIpc) is 2.52. The van der Waals surface area contributed by atoms with Crippen molar-refractivity contribution in [1.82, 2.24) is 4.90 Å². The number of carbonyl (C=O) groups is 3. The Balaban J connectivity index is 1.89. The standard InChI is InChI=1S/C16H20N2O4/c1-11-5-2-3-7-13(11)16(21)22-10-14(19)18-8-4-6-12(9-18)15(17)20/h2-3,5,7,12H,4,6,8-10H2,1H3,(H2,17,20)/t12-/m1/s1. The highest BCUT2D eigenvalue weighted by atomic mass is 16.5. The Morgan fingerprint density at radius 2 is 2.05 bits per heavy atom. The molecule has 0 bridgehead atoms. The van der Waals surface area contributed by atoms with Gasteiger partial charge < -0.3 is 15.4 Å². The highest BCUT2D eigenvalue weighted by molar-refractivity contribution is 5.92. The first-order chi connectivity index (χ1) is 10.5. The predicted molar refractivity (Wildman–Crippen MR) is 80.0 cm³/mol. The molecule has 2 rings (SSSR count). The molecule has 1 atom stereocenters. The van der Waals surface area contributed by atoms with E-state index in [-0.39, 0.29) is 18.4 Å². The van der Waals surface area contributed by atoms with Crippen LogP contribution in [0.5, 0.6) is 0 Å². The number of nitrogens with zero attached hydrogens (tertiary/aromatic N) is 1. The third-order valence-electron chi connectivity index (χ3n) is 3.87. The number of hydrogen-bond acceptors (Lipinski definition) is 4. The van der Waals surface area contributed by atoms with Crippen molar-refractivity contribution in [3.05, 3.63) is 35.4 Å². The van der Waals surface area contributed by atoms with E-state index in [9.17, 15) is 14.4 Å². The Labute approximate surface area is 129 Å². The van der Waals surface area contributed by atoms with E-state index < -0.39 is 11.9 Å². The van der Waals surface area contributed by atoms with Crippen LogP contribution in [0.25, 0.3) is 0 Å². The van der Waals surface area contributed by atoms with E-state index in [4.69, 9.17) is 10.5 Å². The van der Waals surface area contributed by atoms with Gasteiger partial charge in [0.1, 0.15) is 0 Å². The molecule has 0 spiro atoms. The molecule has 6 heteroatoms. The molecule has 118 valence electrons. The van der Waals surface area contributed by atoms with E-state index >= 15 is 0 Å². The monoisotopic (exact) mass is 304 g/mol. The first-order valence-corrected chi connectivity index (χ1v) is 7.29. The molecule has 2 amide bonds. The molecular weight excluding hydrogens is 284 g/mol. The molecule has 1 aliphatic rings. The van der Waals surface area contributed by atoms with Gasteiger partial charge in [-0.25, -0.2) is 4.79 Å². The lowest BCUT2D eigenvalue weighted by atomic mass is 9.97. The van der Waals surface area contributed by atoms with Crippen molar-refractivity contribution in [2.45, 2.75) is 19.8 Å².